The predicted molar refractivity (Wildman–Crippen MR) is 147 cm³/mol. The molecule has 0 saturated carbocycles. The fourth-order valence-corrected chi connectivity index (χ4v) is 6.44. The van der Waals surface area contributed by atoms with Gasteiger partial charge in [0.2, 0.25) is 5.95 Å². The van der Waals surface area contributed by atoms with Crippen LogP contribution in [0.2, 0.25) is 0 Å². The van der Waals surface area contributed by atoms with E-state index in [-0.39, 0.29) is 16.9 Å². The number of terminal acetylenes is 1. The third kappa shape index (κ3) is 3.75. The lowest BCUT2D eigenvalue weighted by Gasteiger charge is -2.46. The lowest BCUT2D eigenvalue weighted by atomic mass is 9.93. The zero-order valence-corrected chi connectivity index (χ0v) is 21.3. The highest BCUT2D eigenvalue weighted by atomic mass is 19.1. The van der Waals surface area contributed by atoms with Crippen LogP contribution < -0.4 is 20.9 Å². The summed E-state index contributed by atoms with van der Waals surface area (Å²) in [5, 5.41) is 16.4. The van der Waals surface area contributed by atoms with Crippen LogP contribution in [0.5, 0.6) is 5.75 Å². The highest BCUT2D eigenvalue weighted by molar-refractivity contribution is 5.93. The van der Waals surface area contributed by atoms with Crippen LogP contribution in [0.3, 0.4) is 0 Å². The average molecular weight is 512 g/mol. The van der Waals surface area contributed by atoms with Crippen molar-refractivity contribution in [2.45, 2.75) is 43.9 Å². The SMILES string of the molecule is C#Cc1c(F)ccc2cc(O)cc(Cn3ccc4c(N5CC(C)(N)C5)nc(N5CC6CCC(C5)N6)nc43)c12. The van der Waals surface area contributed by atoms with Gasteiger partial charge >= 0.3 is 0 Å². The fraction of sp³-hybridized carbons (Fsp3) is 0.379. The van der Waals surface area contributed by atoms with E-state index in [1.54, 1.807) is 18.2 Å². The summed E-state index contributed by atoms with van der Waals surface area (Å²) in [5.74, 6) is 3.76. The number of anilines is 2. The van der Waals surface area contributed by atoms with E-state index in [2.05, 4.69) is 28.0 Å². The maximum Gasteiger partial charge on any atom is 0.229 e. The molecule has 2 atom stereocenters. The van der Waals surface area contributed by atoms with Gasteiger partial charge in [-0.1, -0.05) is 12.0 Å². The van der Waals surface area contributed by atoms with Crippen LogP contribution in [-0.4, -0.2) is 63.4 Å². The minimum Gasteiger partial charge on any atom is -0.508 e. The van der Waals surface area contributed by atoms with Crippen molar-refractivity contribution in [2.75, 3.05) is 36.0 Å². The second-order valence-corrected chi connectivity index (χ2v) is 11.4. The van der Waals surface area contributed by atoms with E-state index in [4.69, 9.17) is 22.1 Å². The van der Waals surface area contributed by atoms with Crippen molar-refractivity contribution in [1.82, 2.24) is 19.9 Å². The summed E-state index contributed by atoms with van der Waals surface area (Å²) in [6.45, 7) is 5.61. The molecule has 4 aromatic rings. The number of phenolic OH excluding ortho intramolecular Hbond substituents is 1. The van der Waals surface area contributed by atoms with Crippen molar-refractivity contribution < 1.29 is 9.50 Å². The Kier molecular flexibility index (Phi) is 5.09. The Morgan fingerprint density at radius 1 is 1.16 bits per heavy atom. The molecule has 0 amide bonds. The van der Waals surface area contributed by atoms with Crippen molar-refractivity contribution in [3.63, 3.8) is 0 Å². The summed E-state index contributed by atoms with van der Waals surface area (Å²) in [5.41, 5.74) is 7.82. The number of halogens is 1. The summed E-state index contributed by atoms with van der Waals surface area (Å²) in [4.78, 5) is 14.6. The highest BCUT2D eigenvalue weighted by Gasteiger charge is 2.38. The van der Waals surface area contributed by atoms with E-state index >= 15 is 0 Å². The Bertz CT molecular complexity index is 1620. The van der Waals surface area contributed by atoms with Gasteiger partial charge in [-0.15, -0.1) is 6.42 Å². The number of nitrogens with one attached hydrogen (secondary N) is 1. The zero-order chi connectivity index (χ0) is 26.2. The molecule has 3 aliphatic rings. The van der Waals surface area contributed by atoms with E-state index in [0.717, 1.165) is 48.6 Å². The van der Waals surface area contributed by atoms with Crippen molar-refractivity contribution in [1.29, 1.82) is 0 Å². The molecular formula is C29H30FN7O. The fourth-order valence-electron chi connectivity index (χ4n) is 6.44. The molecule has 3 aliphatic heterocycles. The van der Waals surface area contributed by atoms with E-state index < -0.39 is 5.82 Å². The molecule has 5 heterocycles. The molecule has 8 nitrogen and oxygen atoms in total. The van der Waals surface area contributed by atoms with Crippen molar-refractivity contribution in [2.24, 2.45) is 5.73 Å². The molecule has 38 heavy (non-hydrogen) atoms. The Morgan fingerprint density at radius 2 is 1.92 bits per heavy atom. The van der Waals surface area contributed by atoms with Gasteiger partial charge in [0.25, 0.3) is 0 Å². The lowest BCUT2D eigenvalue weighted by molar-refractivity contribution is 0.363. The number of fused-ring (bicyclic) bond motifs is 4. The van der Waals surface area contributed by atoms with Crippen LogP contribution in [0.4, 0.5) is 16.2 Å². The van der Waals surface area contributed by atoms with Gasteiger partial charge in [-0.3, -0.25) is 0 Å². The minimum absolute atomic E-state index is 0.105. The Labute approximate surface area is 220 Å². The molecule has 2 unspecified atom stereocenters. The summed E-state index contributed by atoms with van der Waals surface area (Å²) >= 11 is 0. The Morgan fingerprint density at radius 3 is 2.63 bits per heavy atom. The van der Waals surface area contributed by atoms with Gasteiger partial charge in [0.1, 0.15) is 23.0 Å². The summed E-state index contributed by atoms with van der Waals surface area (Å²) in [6.07, 6.45) is 10.0. The first-order valence-corrected chi connectivity index (χ1v) is 13.1. The molecule has 0 spiro atoms. The second kappa shape index (κ2) is 8.32. The molecule has 4 N–H and O–H groups in total. The molecule has 2 aromatic carbocycles. The summed E-state index contributed by atoms with van der Waals surface area (Å²) in [6, 6.07) is 9.18. The molecule has 0 aliphatic carbocycles. The monoisotopic (exact) mass is 511 g/mol. The Hall–Kier alpha value is -3.87. The number of nitrogens with two attached hydrogens (primary N) is 1. The van der Waals surface area contributed by atoms with Crippen LogP contribution in [0, 0.1) is 18.2 Å². The summed E-state index contributed by atoms with van der Waals surface area (Å²) in [7, 11) is 0. The standard InChI is InChI=1S/C29H30FN7O/c1-3-22-24(30)7-4-17-10-21(38)11-18(25(17)22)12-35-9-8-23-26(35)33-28(34-27(23)37-15-29(2,31)16-37)36-13-19-5-6-20(14-36)32-19/h1,4,7-11,19-20,32,38H,5-6,12-16,31H2,2H3. The lowest BCUT2D eigenvalue weighted by Crippen LogP contribution is -2.66. The number of benzene rings is 2. The van der Waals surface area contributed by atoms with Crippen molar-refractivity contribution in [3.05, 3.63) is 53.5 Å². The van der Waals surface area contributed by atoms with Gasteiger partial charge in [0.15, 0.2) is 0 Å². The van der Waals surface area contributed by atoms with Crippen LogP contribution in [-0.2, 0) is 6.54 Å². The maximum atomic E-state index is 14.7. The van der Waals surface area contributed by atoms with Crippen LogP contribution in [0.25, 0.3) is 21.8 Å². The predicted octanol–water partition coefficient (Wildman–Crippen LogP) is 2.94. The number of hydrogen-bond donors (Lipinski definition) is 3. The van der Waals surface area contributed by atoms with Gasteiger partial charge in [0.05, 0.1) is 10.9 Å². The topological polar surface area (TPSA) is 95.5 Å². The van der Waals surface area contributed by atoms with Gasteiger partial charge in [-0.2, -0.15) is 9.97 Å². The number of phenols is 1. The molecule has 7 rings (SSSR count). The normalized spacial score (nSPS) is 22.2. The molecule has 3 saturated heterocycles. The van der Waals surface area contributed by atoms with Crippen LogP contribution in [0.15, 0.2) is 36.5 Å². The highest BCUT2D eigenvalue weighted by Crippen LogP contribution is 2.35. The van der Waals surface area contributed by atoms with Gasteiger partial charge < -0.3 is 30.5 Å². The minimum atomic E-state index is -0.452. The molecule has 9 heteroatoms. The molecule has 2 bridgehead atoms. The maximum absolute atomic E-state index is 14.7. The smallest absolute Gasteiger partial charge is 0.229 e. The third-order valence-corrected chi connectivity index (χ3v) is 8.11. The van der Waals surface area contributed by atoms with Gasteiger partial charge in [0, 0.05) is 61.9 Å². The average Bonchev–Trinajstić information content (AvgIpc) is 3.43. The quantitative estimate of drug-likeness (QED) is 0.363. The zero-order valence-electron chi connectivity index (χ0n) is 21.3. The molecule has 2 aromatic heterocycles. The van der Waals surface area contributed by atoms with E-state index in [1.165, 1.54) is 18.9 Å². The Balaban J connectivity index is 1.36. The van der Waals surface area contributed by atoms with E-state index in [0.29, 0.717) is 35.3 Å². The van der Waals surface area contributed by atoms with Crippen molar-refractivity contribution in [3.8, 4) is 18.1 Å². The molecular weight excluding hydrogens is 481 g/mol. The number of rotatable bonds is 4. The largest absolute Gasteiger partial charge is 0.508 e. The second-order valence-electron chi connectivity index (χ2n) is 11.4. The van der Waals surface area contributed by atoms with Crippen LogP contribution >= 0.6 is 0 Å². The first-order valence-electron chi connectivity index (χ1n) is 13.1. The number of aromatic nitrogens is 3. The van der Waals surface area contributed by atoms with Gasteiger partial charge in [-0.05, 0) is 55.0 Å². The number of aromatic hydroxyl groups is 1. The molecule has 0 radical (unpaired) electrons. The first-order chi connectivity index (χ1) is 18.3. The van der Waals surface area contributed by atoms with E-state index in [1.807, 2.05) is 16.8 Å². The van der Waals surface area contributed by atoms with Crippen molar-refractivity contribution >= 4 is 33.6 Å². The number of piperazine rings is 1. The molecule has 3 fully saturated rings. The van der Waals surface area contributed by atoms with Gasteiger partial charge in [-0.25, -0.2) is 4.39 Å². The molecule has 194 valence electrons. The first kappa shape index (κ1) is 23.3. The summed E-state index contributed by atoms with van der Waals surface area (Å²) < 4.78 is 16.7. The van der Waals surface area contributed by atoms with E-state index in [9.17, 15) is 9.50 Å². The third-order valence-electron chi connectivity index (χ3n) is 8.11. The van der Waals surface area contributed by atoms with Crippen LogP contribution in [0.1, 0.15) is 30.9 Å². The number of hydrogen-bond acceptors (Lipinski definition) is 7. The number of nitrogens with zero attached hydrogens (tertiary/aromatic N) is 5.